The number of aliphatic hydroxyl groups excluding tert-OH is 1. The Morgan fingerprint density at radius 1 is 1.28 bits per heavy atom. The predicted molar refractivity (Wildman–Crippen MR) is 65.7 cm³/mol. The lowest BCUT2D eigenvalue weighted by molar-refractivity contribution is -0.150. The molecule has 0 aliphatic heterocycles. The van der Waals surface area contributed by atoms with E-state index in [0.29, 0.717) is 5.56 Å². The molecule has 2 N–H and O–H groups in total. The summed E-state index contributed by atoms with van der Waals surface area (Å²) in [4.78, 5) is 11.4. The summed E-state index contributed by atoms with van der Waals surface area (Å²) in [6.45, 7) is 3.80. The number of aliphatic hydroxyl groups is 1. The van der Waals surface area contributed by atoms with Gasteiger partial charge in [0.2, 0.25) is 0 Å². The van der Waals surface area contributed by atoms with Crippen molar-refractivity contribution in [1.82, 2.24) is 0 Å². The molecule has 1 aromatic carbocycles. The summed E-state index contributed by atoms with van der Waals surface area (Å²) in [7, 11) is 2.58. The van der Waals surface area contributed by atoms with Crippen LogP contribution in [0.15, 0.2) is 12.1 Å². The molecule has 0 amide bonds. The van der Waals surface area contributed by atoms with E-state index in [0.717, 1.165) is 0 Å². The highest BCUT2D eigenvalue weighted by Gasteiger charge is 2.27. The lowest BCUT2D eigenvalue weighted by atomic mass is 9.92. The molecule has 5 heteroatoms. The van der Waals surface area contributed by atoms with Crippen LogP contribution in [0, 0.1) is 0 Å². The molecule has 100 valence electrons. The number of phenols is 1. The van der Waals surface area contributed by atoms with Crippen LogP contribution in [-0.2, 0) is 9.53 Å². The van der Waals surface area contributed by atoms with Crippen LogP contribution in [0.2, 0.25) is 0 Å². The Labute approximate surface area is 106 Å². The van der Waals surface area contributed by atoms with Crippen molar-refractivity contribution in [2.75, 3.05) is 14.2 Å². The van der Waals surface area contributed by atoms with Gasteiger partial charge in [-0.25, -0.2) is 4.79 Å². The van der Waals surface area contributed by atoms with E-state index in [-0.39, 0.29) is 23.0 Å². The number of carbonyl (C=O) groups is 1. The molecule has 1 rings (SSSR count). The number of esters is 1. The smallest absolute Gasteiger partial charge is 0.339 e. The van der Waals surface area contributed by atoms with Crippen LogP contribution >= 0.6 is 0 Å². The van der Waals surface area contributed by atoms with Gasteiger partial charge < -0.3 is 19.7 Å². The molecule has 0 bridgehead atoms. The topological polar surface area (TPSA) is 76.0 Å². The quantitative estimate of drug-likeness (QED) is 0.800. The second-order valence-electron chi connectivity index (χ2n) is 4.20. The van der Waals surface area contributed by atoms with Crippen LogP contribution in [-0.4, -0.2) is 30.4 Å². The van der Waals surface area contributed by atoms with Crippen molar-refractivity contribution in [3.8, 4) is 11.5 Å². The van der Waals surface area contributed by atoms with Crippen LogP contribution in [0.4, 0.5) is 0 Å². The fraction of sp³-hybridized carbons (Fsp3) is 0.462. The van der Waals surface area contributed by atoms with Gasteiger partial charge >= 0.3 is 5.97 Å². The number of carbonyl (C=O) groups excluding carboxylic acids is 1. The fourth-order valence-electron chi connectivity index (χ4n) is 1.79. The van der Waals surface area contributed by atoms with Gasteiger partial charge in [-0.2, -0.15) is 0 Å². The highest BCUT2D eigenvalue weighted by Crippen LogP contribution is 2.39. The Hall–Kier alpha value is -1.75. The molecule has 0 radical (unpaired) electrons. The van der Waals surface area contributed by atoms with Gasteiger partial charge in [-0.1, -0.05) is 19.9 Å². The normalized spacial score (nSPS) is 12.3. The van der Waals surface area contributed by atoms with Gasteiger partial charge in [0.25, 0.3) is 0 Å². The van der Waals surface area contributed by atoms with Gasteiger partial charge in [0.05, 0.1) is 14.2 Å². The van der Waals surface area contributed by atoms with Gasteiger partial charge in [-0.3, -0.25) is 0 Å². The molecule has 5 nitrogen and oxygen atoms in total. The average Bonchev–Trinajstić information content (AvgIpc) is 2.36. The molecule has 0 fully saturated rings. The SMILES string of the molecule is COC(=O)C(O)c1c(C(C)C)ccc(OC)c1O. The summed E-state index contributed by atoms with van der Waals surface area (Å²) in [6, 6.07) is 3.31. The third kappa shape index (κ3) is 2.56. The molecule has 0 aromatic heterocycles. The number of aromatic hydroxyl groups is 1. The second-order valence-corrected chi connectivity index (χ2v) is 4.20. The molecular formula is C13H18O5. The largest absolute Gasteiger partial charge is 0.504 e. The van der Waals surface area contributed by atoms with Crippen molar-refractivity contribution in [2.24, 2.45) is 0 Å². The maximum absolute atomic E-state index is 11.4. The van der Waals surface area contributed by atoms with Crippen molar-refractivity contribution in [3.63, 3.8) is 0 Å². The Kier molecular flexibility index (Phi) is 4.55. The minimum absolute atomic E-state index is 0.0381. The second kappa shape index (κ2) is 5.73. The molecule has 18 heavy (non-hydrogen) atoms. The number of methoxy groups -OCH3 is 2. The van der Waals surface area contributed by atoms with E-state index in [1.165, 1.54) is 14.2 Å². The van der Waals surface area contributed by atoms with Crippen molar-refractivity contribution in [2.45, 2.75) is 25.9 Å². The zero-order valence-corrected chi connectivity index (χ0v) is 10.9. The number of benzene rings is 1. The van der Waals surface area contributed by atoms with Gasteiger partial charge in [-0.05, 0) is 17.5 Å². The molecule has 0 spiro atoms. The highest BCUT2D eigenvalue weighted by molar-refractivity contribution is 5.78. The average molecular weight is 254 g/mol. The van der Waals surface area contributed by atoms with E-state index < -0.39 is 12.1 Å². The van der Waals surface area contributed by atoms with E-state index in [4.69, 9.17) is 4.74 Å². The molecule has 0 heterocycles. The first kappa shape index (κ1) is 14.3. The molecule has 0 aliphatic carbocycles. The van der Waals surface area contributed by atoms with Gasteiger partial charge in [0, 0.05) is 5.56 Å². The van der Waals surface area contributed by atoms with Crippen molar-refractivity contribution >= 4 is 5.97 Å². The Balaban J connectivity index is 3.40. The summed E-state index contributed by atoms with van der Waals surface area (Å²) >= 11 is 0. The number of hydrogen-bond acceptors (Lipinski definition) is 5. The predicted octanol–water partition coefficient (Wildman–Crippen LogP) is 1.73. The van der Waals surface area contributed by atoms with Gasteiger partial charge in [-0.15, -0.1) is 0 Å². The molecule has 0 saturated carbocycles. The number of ether oxygens (including phenoxy) is 2. The van der Waals surface area contributed by atoms with Crippen LogP contribution in [0.25, 0.3) is 0 Å². The van der Waals surface area contributed by atoms with Crippen molar-refractivity contribution < 1.29 is 24.5 Å². The summed E-state index contributed by atoms with van der Waals surface area (Å²) < 4.78 is 9.46. The van der Waals surface area contributed by atoms with E-state index in [2.05, 4.69) is 4.74 Å². The standard InChI is InChI=1S/C13H18O5/c1-7(2)8-5-6-9(17-3)11(14)10(8)12(15)13(16)18-4/h5-7,12,14-15H,1-4H3. The van der Waals surface area contributed by atoms with Gasteiger partial charge in [0.1, 0.15) is 0 Å². The maximum Gasteiger partial charge on any atom is 0.339 e. The number of hydrogen-bond donors (Lipinski definition) is 2. The minimum Gasteiger partial charge on any atom is -0.504 e. The Bertz CT molecular complexity index is 439. The van der Waals surface area contributed by atoms with E-state index in [1.807, 2.05) is 13.8 Å². The number of rotatable bonds is 4. The Morgan fingerprint density at radius 3 is 2.33 bits per heavy atom. The monoisotopic (exact) mass is 254 g/mol. The van der Waals surface area contributed by atoms with Crippen molar-refractivity contribution in [1.29, 1.82) is 0 Å². The molecule has 0 aliphatic rings. The molecule has 1 unspecified atom stereocenters. The maximum atomic E-state index is 11.4. The van der Waals surface area contributed by atoms with Crippen LogP contribution < -0.4 is 4.74 Å². The van der Waals surface area contributed by atoms with Crippen molar-refractivity contribution in [3.05, 3.63) is 23.3 Å². The zero-order valence-electron chi connectivity index (χ0n) is 10.9. The summed E-state index contributed by atoms with van der Waals surface area (Å²) in [5, 5.41) is 20.0. The van der Waals surface area contributed by atoms with Gasteiger partial charge in [0.15, 0.2) is 17.6 Å². The first-order chi connectivity index (χ1) is 8.43. The molecular weight excluding hydrogens is 236 g/mol. The fourth-order valence-corrected chi connectivity index (χ4v) is 1.79. The molecule has 1 atom stereocenters. The third-order valence-corrected chi connectivity index (χ3v) is 2.75. The summed E-state index contributed by atoms with van der Waals surface area (Å²) in [5.74, 6) is -0.810. The first-order valence-corrected chi connectivity index (χ1v) is 5.59. The van der Waals surface area contributed by atoms with E-state index in [9.17, 15) is 15.0 Å². The molecule has 0 saturated heterocycles. The number of phenolic OH excluding ortho intramolecular Hbond substituents is 1. The van der Waals surface area contributed by atoms with E-state index >= 15 is 0 Å². The first-order valence-electron chi connectivity index (χ1n) is 5.59. The van der Waals surface area contributed by atoms with Crippen LogP contribution in [0.3, 0.4) is 0 Å². The highest BCUT2D eigenvalue weighted by atomic mass is 16.5. The minimum atomic E-state index is -1.53. The lowest BCUT2D eigenvalue weighted by Crippen LogP contribution is -2.16. The zero-order chi connectivity index (χ0) is 13.9. The van der Waals surface area contributed by atoms with Crippen LogP contribution in [0.5, 0.6) is 11.5 Å². The van der Waals surface area contributed by atoms with E-state index in [1.54, 1.807) is 12.1 Å². The summed E-state index contributed by atoms with van der Waals surface area (Å²) in [6.07, 6.45) is -1.53. The Morgan fingerprint density at radius 2 is 1.89 bits per heavy atom. The van der Waals surface area contributed by atoms with Crippen LogP contribution in [0.1, 0.15) is 37.0 Å². The lowest BCUT2D eigenvalue weighted by Gasteiger charge is -2.19. The summed E-state index contributed by atoms with van der Waals surface area (Å²) in [5.41, 5.74) is 0.808. The third-order valence-electron chi connectivity index (χ3n) is 2.75. The molecule has 1 aromatic rings.